The van der Waals surface area contributed by atoms with Crippen LogP contribution in [0.2, 0.25) is 0 Å². The SMILES string of the molecule is NC(C(=O)c1cc2cc(F)ccc2o1)c1cccs1. The van der Waals surface area contributed by atoms with E-state index in [1.165, 1.54) is 35.6 Å². The third-order valence-corrected chi connectivity index (χ3v) is 3.81. The molecule has 0 aliphatic heterocycles. The highest BCUT2D eigenvalue weighted by molar-refractivity contribution is 7.10. The molecule has 96 valence electrons. The smallest absolute Gasteiger partial charge is 0.219 e. The van der Waals surface area contributed by atoms with Crippen molar-refractivity contribution >= 4 is 28.1 Å². The van der Waals surface area contributed by atoms with E-state index < -0.39 is 6.04 Å². The van der Waals surface area contributed by atoms with Gasteiger partial charge in [0.15, 0.2) is 5.76 Å². The molecule has 0 amide bonds. The van der Waals surface area contributed by atoms with Crippen LogP contribution in [-0.4, -0.2) is 5.78 Å². The van der Waals surface area contributed by atoms with Gasteiger partial charge >= 0.3 is 0 Å². The summed E-state index contributed by atoms with van der Waals surface area (Å²) in [5.74, 6) is -0.518. The lowest BCUT2D eigenvalue weighted by molar-refractivity contribution is 0.0937. The van der Waals surface area contributed by atoms with Crippen molar-refractivity contribution in [2.75, 3.05) is 0 Å². The van der Waals surface area contributed by atoms with Crippen molar-refractivity contribution in [3.05, 3.63) is 58.2 Å². The Labute approximate surface area is 112 Å². The number of benzene rings is 1. The van der Waals surface area contributed by atoms with E-state index >= 15 is 0 Å². The monoisotopic (exact) mass is 275 g/mol. The Kier molecular flexibility index (Phi) is 2.93. The Balaban J connectivity index is 1.97. The third-order valence-electron chi connectivity index (χ3n) is 2.85. The van der Waals surface area contributed by atoms with Crippen molar-refractivity contribution < 1.29 is 13.6 Å². The first-order valence-electron chi connectivity index (χ1n) is 5.67. The topological polar surface area (TPSA) is 56.2 Å². The highest BCUT2D eigenvalue weighted by atomic mass is 32.1. The minimum atomic E-state index is -0.745. The van der Waals surface area contributed by atoms with Gasteiger partial charge in [0.2, 0.25) is 5.78 Å². The summed E-state index contributed by atoms with van der Waals surface area (Å²) in [6.45, 7) is 0. The fourth-order valence-corrected chi connectivity index (χ4v) is 2.61. The molecular weight excluding hydrogens is 265 g/mol. The van der Waals surface area contributed by atoms with Gasteiger partial charge in [-0.25, -0.2) is 4.39 Å². The summed E-state index contributed by atoms with van der Waals surface area (Å²) in [6.07, 6.45) is 0. The second kappa shape index (κ2) is 4.60. The predicted molar refractivity (Wildman–Crippen MR) is 71.7 cm³/mol. The number of furan rings is 1. The molecule has 0 bridgehead atoms. The normalized spacial score (nSPS) is 12.7. The van der Waals surface area contributed by atoms with Crippen LogP contribution in [-0.2, 0) is 0 Å². The summed E-state index contributed by atoms with van der Waals surface area (Å²) in [5.41, 5.74) is 6.37. The van der Waals surface area contributed by atoms with E-state index in [2.05, 4.69) is 0 Å². The molecule has 2 N–H and O–H groups in total. The van der Waals surface area contributed by atoms with Gasteiger partial charge in [0.1, 0.15) is 17.4 Å². The molecule has 0 fully saturated rings. The molecule has 2 aromatic heterocycles. The first-order chi connectivity index (χ1) is 9.15. The number of carbonyl (C=O) groups is 1. The second-order valence-electron chi connectivity index (χ2n) is 4.15. The Morgan fingerprint density at radius 3 is 2.89 bits per heavy atom. The van der Waals surface area contributed by atoms with Crippen LogP contribution in [0.5, 0.6) is 0 Å². The lowest BCUT2D eigenvalue weighted by Crippen LogP contribution is -2.19. The molecule has 2 heterocycles. The van der Waals surface area contributed by atoms with Gasteiger partial charge < -0.3 is 10.2 Å². The maximum absolute atomic E-state index is 13.1. The van der Waals surface area contributed by atoms with Crippen LogP contribution in [0.1, 0.15) is 21.5 Å². The quantitative estimate of drug-likeness (QED) is 0.744. The van der Waals surface area contributed by atoms with Crippen molar-refractivity contribution in [1.82, 2.24) is 0 Å². The maximum Gasteiger partial charge on any atom is 0.219 e. The molecule has 1 aromatic carbocycles. The number of carbonyl (C=O) groups excluding carboxylic acids is 1. The summed E-state index contributed by atoms with van der Waals surface area (Å²) in [4.78, 5) is 13.0. The number of hydrogen-bond acceptors (Lipinski definition) is 4. The van der Waals surface area contributed by atoms with Crippen molar-refractivity contribution in [1.29, 1.82) is 0 Å². The molecule has 0 radical (unpaired) electrons. The van der Waals surface area contributed by atoms with E-state index in [0.29, 0.717) is 11.0 Å². The molecule has 3 nitrogen and oxygen atoms in total. The molecule has 19 heavy (non-hydrogen) atoms. The Bertz CT molecular complexity index is 733. The highest BCUT2D eigenvalue weighted by Crippen LogP contribution is 2.25. The van der Waals surface area contributed by atoms with Crippen LogP contribution in [0.15, 0.2) is 46.2 Å². The third kappa shape index (κ3) is 2.18. The molecule has 0 saturated carbocycles. The number of nitrogens with two attached hydrogens (primary N) is 1. The van der Waals surface area contributed by atoms with Crippen LogP contribution in [0.25, 0.3) is 11.0 Å². The van der Waals surface area contributed by atoms with Gasteiger partial charge in [0.25, 0.3) is 0 Å². The lowest BCUT2D eigenvalue weighted by Gasteiger charge is -2.05. The Hall–Kier alpha value is -1.98. The van der Waals surface area contributed by atoms with Crippen molar-refractivity contribution in [3.63, 3.8) is 0 Å². The van der Waals surface area contributed by atoms with Crippen LogP contribution in [0.3, 0.4) is 0 Å². The Morgan fingerprint density at radius 2 is 2.16 bits per heavy atom. The maximum atomic E-state index is 13.1. The van der Waals surface area contributed by atoms with Crippen LogP contribution >= 0.6 is 11.3 Å². The summed E-state index contributed by atoms with van der Waals surface area (Å²) in [6, 6.07) is 8.53. The molecule has 0 spiro atoms. The van der Waals surface area contributed by atoms with Gasteiger partial charge in [-0.1, -0.05) is 6.07 Å². The largest absolute Gasteiger partial charge is 0.453 e. The first kappa shape index (κ1) is 12.1. The minimum absolute atomic E-state index is 0.154. The van der Waals surface area contributed by atoms with E-state index in [1.54, 1.807) is 6.07 Å². The van der Waals surface area contributed by atoms with Gasteiger partial charge in [0.05, 0.1) is 0 Å². The van der Waals surface area contributed by atoms with Crippen molar-refractivity contribution in [2.45, 2.75) is 6.04 Å². The second-order valence-corrected chi connectivity index (χ2v) is 5.13. The van der Waals surface area contributed by atoms with Gasteiger partial charge in [-0.05, 0) is 35.7 Å². The van der Waals surface area contributed by atoms with Crippen molar-refractivity contribution in [2.24, 2.45) is 5.73 Å². The predicted octanol–water partition coefficient (Wildman–Crippen LogP) is 3.52. The summed E-state index contributed by atoms with van der Waals surface area (Å²) >= 11 is 1.42. The fraction of sp³-hybridized carbons (Fsp3) is 0.0714. The minimum Gasteiger partial charge on any atom is -0.453 e. The van der Waals surface area contributed by atoms with Gasteiger partial charge in [-0.15, -0.1) is 11.3 Å². The molecule has 3 aromatic rings. The zero-order valence-electron chi connectivity index (χ0n) is 9.80. The molecule has 5 heteroatoms. The number of thiophene rings is 1. The highest BCUT2D eigenvalue weighted by Gasteiger charge is 2.22. The average Bonchev–Trinajstić information content (AvgIpc) is 3.05. The van der Waals surface area contributed by atoms with Gasteiger partial charge in [-0.3, -0.25) is 4.79 Å². The molecule has 0 aliphatic rings. The zero-order valence-corrected chi connectivity index (χ0v) is 10.6. The number of rotatable bonds is 3. The first-order valence-corrected chi connectivity index (χ1v) is 6.55. The standard InChI is InChI=1S/C14H10FNO2S/c15-9-3-4-10-8(6-9)7-11(18-10)14(17)13(16)12-2-1-5-19-12/h1-7,13H,16H2. The van der Waals surface area contributed by atoms with Crippen LogP contribution in [0, 0.1) is 5.82 Å². The van der Waals surface area contributed by atoms with E-state index in [4.69, 9.17) is 10.2 Å². The van der Waals surface area contributed by atoms with E-state index in [0.717, 1.165) is 4.88 Å². The summed E-state index contributed by atoms with van der Waals surface area (Å²) in [5, 5.41) is 2.41. The molecule has 0 saturated heterocycles. The number of ketones is 1. The van der Waals surface area contributed by atoms with E-state index in [-0.39, 0.29) is 17.4 Å². The van der Waals surface area contributed by atoms with Gasteiger partial charge in [-0.2, -0.15) is 0 Å². The van der Waals surface area contributed by atoms with E-state index in [1.807, 2.05) is 11.4 Å². The zero-order chi connectivity index (χ0) is 13.4. The number of fused-ring (bicyclic) bond motifs is 1. The summed E-state index contributed by atoms with van der Waals surface area (Å²) in [7, 11) is 0. The molecular formula is C14H10FNO2S. The molecule has 1 unspecified atom stereocenters. The summed E-state index contributed by atoms with van der Waals surface area (Å²) < 4.78 is 18.5. The van der Waals surface area contributed by atoms with Crippen LogP contribution in [0.4, 0.5) is 4.39 Å². The number of hydrogen-bond donors (Lipinski definition) is 1. The van der Waals surface area contributed by atoms with Crippen LogP contribution < -0.4 is 5.73 Å². The molecule has 0 aliphatic carbocycles. The fourth-order valence-electron chi connectivity index (χ4n) is 1.89. The number of halogens is 1. The van der Waals surface area contributed by atoms with E-state index in [9.17, 15) is 9.18 Å². The number of Topliss-reactive ketones (excluding diaryl/α,β-unsaturated/α-hetero) is 1. The molecule has 1 atom stereocenters. The van der Waals surface area contributed by atoms with Gasteiger partial charge in [0, 0.05) is 10.3 Å². The van der Waals surface area contributed by atoms with Crippen molar-refractivity contribution in [3.8, 4) is 0 Å². The lowest BCUT2D eigenvalue weighted by atomic mass is 10.1. The molecule has 3 rings (SSSR count). The Morgan fingerprint density at radius 1 is 1.32 bits per heavy atom. The average molecular weight is 275 g/mol.